The standard InChI is InChI=1S/C13H10F6N4O2/c1-25-10(13(17,18)19)9-8(3-20)22-23(11(9)24)7-2-6(4-21-5-7)12(14,15)16/h2,4-5,9-11,24H,1H3. The summed E-state index contributed by atoms with van der Waals surface area (Å²) in [6.07, 6.45) is -12.9. The number of nitrogens with zero attached hydrogens (tertiary/aromatic N) is 4. The van der Waals surface area contributed by atoms with E-state index in [0.29, 0.717) is 17.3 Å². The Morgan fingerprint density at radius 1 is 1.28 bits per heavy atom. The molecule has 1 aromatic heterocycles. The first-order valence-electron chi connectivity index (χ1n) is 6.58. The number of hydrogen-bond acceptors (Lipinski definition) is 6. The minimum atomic E-state index is -4.93. The number of hydrogen-bond donors (Lipinski definition) is 1. The third-order valence-corrected chi connectivity index (χ3v) is 3.44. The van der Waals surface area contributed by atoms with Gasteiger partial charge in [0.15, 0.2) is 12.3 Å². The minimum Gasteiger partial charge on any atom is -0.371 e. The lowest BCUT2D eigenvalue weighted by atomic mass is 9.95. The van der Waals surface area contributed by atoms with E-state index in [4.69, 9.17) is 5.26 Å². The molecule has 0 amide bonds. The minimum absolute atomic E-state index is 0.422. The first-order valence-corrected chi connectivity index (χ1v) is 6.58. The van der Waals surface area contributed by atoms with Gasteiger partial charge >= 0.3 is 12.4 Å². The van der Waals surface area contributed by atoms with Crippen LogP contribution in [0.1, 0.15) is 5.56 Å². The summed E-state index contributed by atoms with van der Waals surface area (Å²) >= 11 is 0. The number of hydrazone groups is 1. The maximum atomic E-state index is 13.0. The van der Waals surface area contributed by atoms with Crippen molar-refractivity contribution < 1.29 is 36.2 Å². The quantitative estimate of drug-likeness (QED) is 0.828. The van der Waals surface area contributed by atoms with Gasteiger partial charge in [-0.05, 0) is 6.07 Å². The van der Waals surface area contributed by atoms with Crippen molar-refractivity contribution in [2.24, 2.45) is 11.0 Å². The highest BCUT2D eigenvalue weighted by molar-refractivity contribution is 6.03. The zero-order valence-electron chi connectivity index (χ0n) is 12.4. The maximum absolute atomic E-state index is 13.0. The molecule has 25 heavy (non-hydrogen) atoms. The molecule has 1 aromatic rings. The fourth-order valence-corrected chi connectivity index (χ4v) is 2.33. The zero-order chi connectivity index (χ0) is 19.0. The molecule has 1 aliphatic heterocycles. The van der Waals surface area contributed by atoms with E-state index in [2.05, 4.69) is 14.8 Å². The van der Waals surface area contributed by atoms with Crippen LogP contribution >= 0.6 is 0 Å². The predicted octanol–water partition coefficient (Wildman–Crippen LogP) is 2.31. The normalized spacial score (nSPS) is 22.5. The first kappa shape index (κ1) is 18.9. The van der Waals surface area contributed by atoms with Crippen molar-refractivity contribution >= 4 is 11.4 Å². The third kappa shape index (κ3) is 3.67. The maximum Gasteiger partial charge on any atom is 0.417 e. The number of aliphatic hydroxyl groups excluding tert-OH is 1. The van der Waals surface area contributed by atoms with E-state index in [-0.39, 0.29) is 0 Å². The summed E-state index contributed by atoms with van der Waals surface area (Å²) in [5, 5.41) is 23.1. The van der Waals surface area contributed by atoms with Crippen LogP contribution in [0.5, 0.6) is 0 Å². The van der Waals surface area contributed by atoms with Crippen molar-refractivity contribution in [3.63, 3.8) is 0 Å². The van der Waals surface area contributed by atoms with E-state index >= 15 is 0 Å². The molecule has 0 bridgehead atoms. The highest BCUT2D eigenvalue weighted by Crippen LogP contribution is 2.38. The van der Waals surface area contributed by atoms with E-state index in [1.807, 2.05) is 0 Å². The number of pyridine rings is 1. The van der Waals surface area contributed by atoms with Crippen molar-refractivity contribution in [2.45, 2.75) is 24.7 Å². The SMILES string of the molecule is COC(C1C(C#N)=NN(c2cncc(C(F)(F)F)c2)C1O)C(F)(F)F. The molecule has 0 fully saturated rings. The highest BCUT2D eigenvalue weighted by atomic mass is 19.4. The summed E-state index contributed by atoms with van der Waals surface area (Å²) in [7, 11) is 0.731. The van der Waals surface area contributed by atoms with Crippen molar-refractivity contribution in [2.75, 3.05) is 12.1 Å². The molecule has 2 rings (SSSR count). The van der Waals surface area contributed by atoms with Gasteiger partial charge in [-0.1, -0.05) is 0 Å². The molecule has 0 aromatic carbocycles. The monoisotopic (exact) mass is 368 g/mol. The zero-order valence-corrected chi connectivity index (χ0v) is 12.4. The van der Waals surface area contributed by atoms with Gasteiger partial charge in [0.05, 0.1) is 23.4 Å². The number of ether oxygens (including phenoxy) is 1. The number of anilines is 1. The van der Waals surface area contributed by atoms with Crippen molar-refractivity contribution in [3.05, 3.63) is 24.0 Å². The predicted molar refractivity (Wildman–Crippen MR) is 71.1 cm³/mol. The second-order valence-corrected chi connectivity index (χ2v) is 5.01. The Kier molecular flexibility index (Phi) is 4.92. The molecule has 1 aliphatic rings. The molecule has 1 N–H and O–H groups in total. The molecule has 0 radical (unpaired) electrons. The summed E-state index contributed by atoms with van der Waals surface area (Å²) < 4.78 is 81.6. The van der Waals surface area contributed by atoms with E-state index in [0.717, 1.165) is 13.3 Å². The molecular weight excluding hydrogens is 358 g/mol. The molecule has 12 heteroatoms. The van der Waals surface area contributed by atoms with Crippen LogP contribution in [0.4, 0.5) is 32.0 Å². The van der Waals surface area contributed by atoms with Crippen LogP contribution in [-0.2, 0) is 10.9 Å². The average Bonchev–Trinajstić information content (AvgIpc) is 2.83. The van der Waals surface area contributed by atoms with Crippen molar-refractivity contribution in [1.82, 2.24) is 4.98 Å². The van der Waals surface area contributed by atoms with Gasteiger partial charge in [-0.25, -0.2) is 5.01 Å². The number of alkyl halides is 6. The van der Waals surface area contributed by atoms with Crippen LogP contribution < -0.4 is 5.01 Å². The summed E-state index contributed by atoms with van der Waals surface area (Å²) in [6, 6.07) is 1.95. The van der Waals surface area contributed by atoms with Crippen LogP contribution in [0.25, 0.3) is 0 Å². The first-order chi connectivity index (χ1) is 11.5. The number of methoxy groups -OCH3 is 1. The summed E-state index contributed by atoms with van der Waals surface area (Å²) in [4.78, 5) is 3.34. The van der Waals surface area contributed by atoms with Gasteiger partial charge < -0.3 is 9.84 Å². The van der Waals surface area contributed by atoms with E-state index < -0.39 is 47.6 Å². The summed E-state index contributed by atoms with van der Waals surface area (Å²) in [6.45, 7) is 0. The third-order valence-electron chi connectivity index (χ3n) is 3.44. The number of halogens is 6. The highest BCUT2D eigenvalue weighted by Gasteiger charge is 2.54. The van der Waals surface area contributed by atoms with Gasteiger partial charge in [0.2, 0.25) is 0 Å². The van der Waals surface area contributed by atoms with Crippen LogP contribution in [0.15, 0.2) is 23.6 Å². The Morgan fingerprint density at radius 2 is 1.92 bits per heavy atom. The van der Waals surface area contributed by atoms with Crippen LogP contribution in [0.2, 0.25) is 0 Å². The molecule has 0 spiro atoms. The number of rotatable bonds is 3. The molecule has 2 heterocycles. The lowest BCUT2D eigenvalue weighted by Crippen LogP contribution is -2.47. The molecular formula is C13H10F6N4O2. The van der Waals surface area contributed by atoms with Gasteiger partial charge in [0, 0.05) is 13.3 Å². The molecule has 3 unspecified atom stereocenters. The van der Waals surface area contributed by atoms with Gasteiger partial charge in [0.25, 0.3) is 0 Å². The van der Waals surface area contributed by atoms with Crippen molar-refractivity contribution in [3.8, 4) is 6.07 Å². The average molecular weight is 368 g/mol. The Morgan fingerprint density at radius 3 is 2.40 bits per heavy atom. The molecule has 0 saturated heterocycles. The topological polar surface area (TPSA) is 81.7 Å². The molecule has 136 valence electrons. The van der Waals surface area contributed by atoms with Gasteiger partial charge in [0.1, 0.15) is 11.8 Å². The van der Waals surface area contributed by atoms with Gasteiger partial charge in [-0.3, -0.25) is 4.98 Å². The van der Waals surface area contributed by atoms with E-state index in [1.165, 1.54) is 6.07 Å². The number of aliphatic hydroxyl groups is 1. The fourth-order valence-electron chi connectivity index (χ4n) is 2.33. The number of nitriles is 1. The lowest BCUT2D eigenvalue weighted by molar-refractivity contribution is -0.227. The summed E-state index contributed by atoms with van der Waals surface area (Å²) in [5.74, 6) is -1.93. The fraction of sp³-hybridized carbons (Fsp3) is 0.462. The summed E-state index contributed by atoms with van der Waals surface area (Å²) in [5.41, 5.74) is -2.34. The Balaban J connectivity index is 2.43. The second-order valence-electron chi connectivity index (χ2n) is 5.01. The van der Waals surface area contributed by atoms with Crippen LogP contribution in [0, 0.1) is 17.2 Å². The Labute approximate surface area is 136 Å². The van der Waals surface area contributed by atoms with E-state index in [9.17, 15) is 31.4 Å². The molecule has 3 atom stereocenters. The molecule has 0 saturated carbocycles. The van der Waals surface area contributed by atoms with Gasteiger partial charge in [-0.2, -0.15) is 36.7 Å². The number of aromatic nitrogens is 1. The van der Waals surface area contributed by atoms with Crippen LogP contribution in [-0.4, -0.2) is 41.4 Å². The van der Waals surface area contributed by atoms with Gasteiger partial charge in [-0.15, -0.1) is 0 Å². The largest absolute Gasteiger partial charge is 0.417 e. The van der Waals surface area contributed by atoms with Crippen molar-refractivity contribution in [1.29, 1.82) is 5.26 Å². The lowest BCUT2D eigenvalue weighted by Gasteiger charge is -2.28. The molecule has 0 aliphatic carbocycles. The second kappa shape index (κ2) is 6.49. The molecule has 6 nitrogen and oxygen atoms in total. The Bertz CT molecular complexity index is 712. The van der Waals surface area contributed by atoms with E-state index in [1.54, 1.807) is 0 Å². The van der Waals surface area contributed by atoms with Crippen LogP contribution in [0.3, 0.4) is 0 Å². The Hall–Kier alpha value is -2.39. The smallest absolute Gasteiger partial charge is 0.371 e.